The second-order valence-electron chi connectivity index (χ2n) is 5.73. The summed E-state index contributed by atoms with van der Waals surface area (Å²) < 4.78 is 0. The molecule has 1 amide bonds. The summed E-state index contributed by atoms with van der Waals surface area (Å²) in [7, 11) is 0. The minimum absolute atomic E-state index is 0. The number of nitrogens with one attached hydrogen (secondary N) is 1. The van der Waals surface area contributed by atoms with Gasteiger partial charge in [-0.2, -0.15) is 0 Å². The molecule has 19 heavy (non-hydrogen) atoms. The van der Waals surface area contributed by atoms with Gasteiger partial charge in [-0.1, -0.05) is 24.3 Å². The summed E-state index contributed by atoms with van der Waals surface area (Å²) in [5, 5.41) is 3.30. The highest BCUT2D eigenvalue weighted by Gasteiger charge is 2.39. The lowest BCUT2D eigenvalue weighted by molar-refractivity contribution is -0.141. The Hall–Kier alpha value is -1.06. The van der Waals surface area contributed by atoms with Crippen LogP contribution < -0.4 is 5.32 Å². The van der Waals surface area contributed by atoms with Crippen LogP contribution in [0.5, 0.6) is 0 Å². The van der Waals surface area contributed by atoms with Gasteiger partial charge in [0.25, 0.3) is 0 Å². The molecular formula is C15H21ClN2O. The lowest BCUT2D eigenvalue weighted by Gasteiger charge is -2.34. The summed E-state index contributed by atoms with van der Waals surface area (Å²) >= 11 is 0. The summed E-state index contributed by atoms with van der Waals surface area (Å²) in [5.41, 5.74) is 2.52. The van der Waals surface area contributed by atoms with E-state index in [9.17, 15) is 4.79 Å². The van der Waals surface area contributed by atoms with Crippen LogP contribution in [0.4, 0.5) is 0 Å². The van der Waals surface area contributed by atoms with Gasteiger partial charge in [0.1, 0.15) is 0 Å². The number of hydrogen-bond acceptors (Lipinski definition) is 2. The van der Waals surface area contributed by atoms with E-state index in [4.69, 9.17) is 0 Å². The van der Waals surface area contributed by atoms with Crippen molar-refractivity contribution in [2.75, 3.05) is 19.6 Å². The van der Waals surface area contributed by atoms with Crippen LogP contribution in [-0.2, 0) is 17.8 Å². The molecule has 2 aliphatic heterocycles. The van der Waals surface area contributed by atoms with Crippen molar-refractivity contribution in [3.63, 3.8) is 0 Å². The standard InChI is InChI=1S/C15H20N2O.ClH/c1-15(7-8-16-11-15)14(18)17-9-6-12-4-2-3-5-13(12)10-17;/h2-5,16H,6-11H2,1H3;1H. The van der Waals surface area contributed by atoms with E-state index in [1.54, 1.807) is 0 Å². The molecule has 1 atom stereocenters. The zero-order valence-electron chi connectivity index (χ0n) is 11.3. The molecule has 0 aliphatic carbocycles. The number of hydrogen-bond donors (Lipinski definition) is 1. The Labute approximate surface area is 120 Å². The topological polar surface area (TPSA) is 32.3 Å². The second-order valence-corrected chi connectivity index (χ2v) is 5.73. The van der Waals surface area contributed by atoms with Gasteiger partial charge < -0.3 is 10.2 Å². The van der Waals surface area contributed by atoms with E-state index in [0.717, 1.165) is 39.0 Å². The zero-order chi connectivity index (χ0) is 12.6. The zero-order valence-corrected chi connectivity index (χ0v) is 12.1. The van der Waals surface area contributed by atoms with E-state index < -0.39 is 0 Å². The molecule has 3 rings (SSSR count). The fourth-order valence-electron chi connectivity index (χ4n) is 3.05. The third kappa shape index (κ3) is 2.63. The van der Waals surface area contributed by atoms with Gasteiger partial charge in [0.2, 0.25) is 5.91 Å². The number of nitrogens with zero attached hydrogens (tertiary/aromatic N) is 1. The van der Waals surface area contributed by atoms with Crippen molar-refractivity contribution in [1.82, 2.24) is 10.2 Å². The van der Waals surface area contributed by atoms with Crippen molar-refractivity contribution in [3.8, 4) is 0 Å². The summed E-state index contributed by atoms with van der Waals surface area (Å²) in [4.78, 5) is 14.7. The quantitative estimate of drug-likeness (QED) is 0.853. The predicted octanol–water partition coefficient (Wildman–Crippen LogP) is 1.99. The smallest absolute Gasteiger partial charge is 0.230 e. The maximum Gasteiger partial charge on any atom is 0.230 e. The van der Waals surface area contributed by atoms with Gasteiger partial charge in [0, 0.05) is 19.6 Å². The fraction of sp³-hybridized carbons (Fsp3) is 0.533. The van der Waals surface area contributed by atoms with Gasteiger partial charge in [0.05, 0.1) is 5.41 Å². The molecule has 3 nitrogen and oxygen atoms in total. The van der Waals surface area contributed by atoms with Gasteiger partial charge in [-0.25, -0.2) is 0 Å². The van der Waals surface area contributed by atoms with Crippen molar-refractivity contribution in [1.29, 1.82) is 0 Å². The summed E-state index contributed by atoms with van der Waals surface area (Å²) in [6, 6.07) is 8.46. The Morgan fingerprint density at radius 2 is 2.05 bits per heavy atom. The average Bonchev–Trinajstić information content (AvgIpc) is 2.85. The van der Waals surface area contributed by atoms with Crippen LogP contribution in [0.25, 0.3) is 0 Å². The Morgan fingerprint density at radius 1 is 1.32 bits per heavy atom. The van der Waals surface area contributed by atoms with E-state index in [1.165, 1.54) is 11.1 Å². The lowest BCUT2D eigenvalue weighted by atomic mass is 9.87. The van der Waals surface area contributed by atoms with Crippen molar-refractivity contribution < 1.29 is 4.79 Å². The molecule has 0 aromatic heterocycles. The molecule has 1 saturated heterocycles. The molecule has 0 saturated carbocycles. The SMILES string of the molecule is CC1(C(=O)N2CCc3ccccc3C2)CCNC1.Cl. The van der Waals surface area contributed by atoms with Crippen LogP contribution in [0.3, 0.4) is 0 Å². The molecule has 0 spiro atoms. The first-order valence-corrected chi connectivity index (χ1v) is 6.76. The highest BCUT2D eigenvalue weighted by atomic mass is 35.5. The molecule has 2 aliphatic rings. The Morgan fingerprint density at radius 3 is 2.74 bits per heavy atom. The Balaban J connectivity index is 0.00000133. The molecule has 4 heteroatoms. The van der Waals surface area contributed by atoms with Crippen LogP contribution in [0, 0.1) is 5.41 Å². The molecule has 0 bridgehead atoms. The molecule has 1 N–H and O–H groups in total. The monoisotopic (exact) mass is 280 g/mol. The molecule has 0 radical (unpaired) electrons. The van der Waals surface area contributed by atoms with Crippen LogP contribution >= 0.6 is 12.4 Å². The van der Waals surface area contributed by atoms with Crippen molar-refractivity contribution in [3.05, 3.63) is 35.4 Å². The molecule has 1 unspecified atom stereocenters. The van der Waals surface area contributed by atoms with Crippen LogP contribution in [0.2, 0.25) is 0 Å². The first-order valence-electron chi connectivity index (χ1n) is 6.76. The first kappa shape index (κ1) is 14.4. The number of rotatable bonds is 1. The largest absolute Gasteiger partial charge is 0.338 e. The Kier molecular flexibility index (Phi) is 4.16. The molecule has 104 valence electrons. The third-order valence-corrected chi connectivity index (χ3v) is 4.30. The summed E-state index contributed by atoms with van der Waals surface area (Å²) in [6.45, 7) is 5.53. The van der Waals surface area contributed by atoms with Gasteiger partial charge >= 0.3 is 0 Å². The van der Waals surface area contributed by atoms with E-state index in [-0.39, 0.29) is 17.8 Å². The molecule has 2 heterocycles. The van der Waals surface area contributed by atoms with Crippen LogP contribution in [0.1, 0.15) is 24.5 Å². The van der Waals surface area contributed by atoms with Crippen LogP contribution in [0.15, 0.2) is 24.3 Å². The molecule has 1 aromatic rings. The average molecular weight is 281 g/mol. The second kappa shape index (κ2) is 5.51. The number of carbonyl (C=O) groups is 1. The fourth-order valence-corrected chi connectivity index (χ4v) is 3.05. The number of fused-ring (bicyclic) bond motifs is 1. The summed E-state index contributed by atoms with van der Waals surface area (Å²) in [6.07, 6.45) is 1.95. The van der Waals surface area contributed by atoms with Crippen molar-refractivity contribution in [2.24, 2.45) is 5.41 Å². The highest BCUT2D eigenvalue weighted by molar-refractivity contribution is 5.85. The predicted molar refractivity (Wildman–Crippen MR) is 78.4 cm³/mol. The maximum absolute atomic E-state index is 12.6. The molecular weight excluding hydrogens is 260 g/mol. The van der Waals surface area contributed by atoms with E-state index >= 15 is 0 Å². The lowest BCUT2D eigenvalue weighted by Crippen LogP contribution is -2.45. The highest BCUT2D eigenvalue weighted by Crippen LogP contribution is 2.29. The number of benzene rings is 1. The van der Waals surface area contributed by atoms with E-state index in [1.807, 2.05) is 4.90 Å². The number of halogens is 1. The number of carbonyl (C=O) groups excluding carboxylic acids is 1. The maximum atomic E-state index is 12.6. The third-order valence-electron chi connectivity index (χ3n) is 4.30. The van der Waals surface area contributed by atoms with Gasteiger partial charge in [-0.15, -0.1) is 12.4 Å². The molecule has 1 aromatic carbocycles. The minimum atomic E-state index is -0.188. The van der Waals surface area contributed by atoms with Crippen molar-refractivity contribution >= 4 is 18.3 Å². The van der Waals surface area contributed by atoms with Crippen molar-refractivity contribution in [2.45, 2.75) is 26.3 Å². The first-order chi connectivity index (χ1) is 8.69. The van der Waals surface area contributed by atoms with Gasteiger partial charge in [-0.3, -0.25) is 4.79 Å². The molecule has 1 fully saturated rings. The van der Waals surface area contributed by atoms with Gasteiger partial charge in [-0.05, 0) is 37.4 Å². The summed E-state index contributed by atoms with van der Waals surface area (Å²) in [5.74, 6) is 0.321. The minimum Gasteiger partial charge on any atom is -0.338 e. The number of amides is 1. The van der Waals surface area contributed by atoms with E-state index in [0.29, 0.717) is 5.91 Å². The Bertz CT molecular complexity index is 469. The van der Waals surface area contributed by atoms with Gasteiger partial charge in [0.15, 0.2) is 0 Å². The normalized spacial score (nSPS) is 25.6. The van der Waals surface area contributed by atoms with E-state index in [2.05, 4.69) is 36.5 Å². The van der Waals surface area contributed by atoms with Crippen LogP contribution in [-0.4, -0.2) is 30.4 Å².